The molecular formula is C11H23NO4. The maximum absolute atomic E-state index is 5.83. The van der Waals surface area contributed by atoms with Gasteiger partial charge in [-0.2, -0.15) is 0 Å². The van der Waals surface area contributed by atoms with Crippen LogP contribution >= 0.6 is 0 Å². The van der Waals surface area contributed by atoms with Gasteiger partial charge in [-0.3, -0.25) is 0 Å². The first-order valence-electron chi connectivity index (χ1n) is 5.81. The highest BCUT2D eigenvalue weighted by molar-refractivity contribution is 4.84. The molecule has 0 amide bonds. The predicted molar refractivity (Wildman–Crippen MR) is 60.5 cm³/mol. The molecule has 1 saturated heterocycles. The van der Waals surface area contributed by atoms with Gasteiger partial charge in [0.2, 0.25) is 0 Å². The zero-order chi connectivity index (χ0) is 11.7. The van der Waals surface area contributed by atoms with Crippen molar-refractivity contribution in [3.8, 4) is 0 Å². The zero-order valence-electron chi connectivity index (χ0n) is 10.1. The van der Waals surface area contributed by atoms with Crippen LogP contribution in [0.5, 0.6) is 0 Å². The largest absolute Gasteiger partial charge is 0.382 e. The van der Waals surface area contributed by atoms with Crippen LogP contribution in [0.3, 0.4) is 0 Å². The number of methoxy groups -OCH3 is 1. The molecule has 0 spiro atoms. The average Bonchev–Trinajstić information content (AvgIpc) is 2.35. The summed E-state index contributed by atoms with van der Waals surface area (Å²) < 4.78 is 21.3. The molecule has 96 valence electrons. The second-order valence-electron chi connectivity index (χ2n) is 3.95. The van der Waals surface area contributed by atoms with Gasteiger partial charge in [0, 0.05) is 39.7 Å². The number of nitrogens with two attached hydrogens (primary N) is 1. The van der Waals surface area contributed by atoms with E-state index in [1.807, 2.05) is 0 Å². The number of hydrogen-bond acceptors (Lipinski definition) is 5. The summed E-state index contributed by atoms with van der Waals surface area (Å²) in [6.45, 7) is 4.43. The van der Waals surface area contributed by atoms with E-state index in [1.54, 1.807) is 7.11 Å². The molecule has 1 aliphatic rings. The SMILES string of the molecule is COCCOCCOC1(CN)CCOCC1. The Bertz CT molecular complexity index is 171. The summed E-state index contributed by atoms with van der Waals surface area (Å²) >= 11 is 0. The van der Waals surface area contributed by atoms with E-state index in [-0.39, 0.29) is 5.60 Å². The number of hydrogen-bond donors (Lipinski definition) is 1. The third kappa shape index (κ3) is 4.76. The van der Waals surface area contributed by atoms with Gasteiger partial charge < -0.3 is 24.7 Å². The maximum atomic E-state index is 5.83. The first kappa shape index (κ1) is 13.9. The zero-order valence-corrected chi connectivity index (χ0v) is 10.1. The van der Waals surface area contributed by atoms with Crippen molar-refractivity contribution in [2.45, 2.75) is 18.4 Å². The molecule has 0 aromatic carbocycles. The lowest BCUT2D eigenvalue weighted by atomic mass is 9.94. The Hall–Kier alpha value is -0.200. The fourth-order valence-corrected chi connectivity index (χ4v) is 1.71. The normalized spacial score (nSPS) is 19.9. The summed E-state index contributed by atoms with van der Waals surface area (Å²) in [5.41, 5.74) is 5.57. The van der Waals surface area contributed by atoms with Gasteiger partial charge in [0.25, 0.3) is 0 Å². The molecule has 0 atom stereocenters. The smallest absolute Gasteiger partial charge is 0.0849 e. The molecule has 5 nitrogen and oxygen atoms in total. The van der Waals surface area contributed by atoms with Gasteiger partial charge in [0.15, 0.2) is 0 Å². The molecule has 1 aliphatic heterocycles. The molecule has 0 radical (unpaired) electrons. The fourth-order valence-electron chi connectivity index (χ4n) is 1.71. The van der Waals surface area contributed by atoms with Crippen LogP contribution in [0.2, 0.25) is 0 Å². The molecular weight excluding hydrogens is 210 g/mol. The van der Waals surface area contributed by atoms with Crippen molar-refractivity contribution in [1.29, 1.82) is 0 Å². The van der Waals surface area contributed by atoms with Crippen molar-refractivity contribution in [2.75, 3.05) is 53.3 Å². The highest BCUT2D eigenvalue weighted by Gasteiger charge is 2.31. The molecule has 16 heavy (non-hydrogen) atoms. The minimum atomic E-state index is -0.192. The molecule has 0 saturated carbocycles. The van der Waals surface area contributed by atoms with Gasteiger partial charge in [0.05, 0.1) is 32.0 Å². The quantitative estimate of drug-likeness (QED) is 0.606. The van der Waals surface area contributed by atoms with E-state index in [2.05, 4.69) is 0 Å². The first-order chi connectivity index (χ1) is 7.83. The van der Waals surface area contributed by atoms with Crippen LogP contribution in [-0.2, 0) is 18.9 Å². The lowest BCUT2D eigenvalue weighted by Crippen LogP contribution is -2.46. The second kappa shape index (κ2) is 7.97. The number of ether oxygens (including phenoxy) is 4. The minimum Gasteiger partial charge on any atom is -0.382 e. The van der Waals surface area contributed by atoms with Gasteiger partial charge in [-0.1, -0.05) is 0 Å². The van der Waals surface area contributed by atoms with Crippen molar-refractivity contribution in [2.24, 2.45) is 5.73 Å². The molecule has 0 unspecified atom stereocenters. The van der Waals surface area contributed by atoms with Crippen LogP contribution in [0.1, 0.15) is 12.8 Å². The summed E-state index contributed by atoms with van der Waals surface area (Å²) in [5, 5.41) is 0. The van der Waals surface area contributed by atoms with Gasteiger partial charge in [0.1, 0.15) is 0 Å². The van der Waals surface area contributed by atoms with E-state index in [1.165, 1.54) is 0 Å². The minimum absolute atomic E-state index is 0.192. The van der Waals surface area contributed by atoms with Crippen LogP contribution < -0.4 is 5.73 Å². The van der Waals surface area contributed by atoms with Crippen molar-refractivity contribution in [3.63, 3.8) is 0 Å². The van der Waals surface area contributed by atoms with E-state index < -0.39 is 0 Å². The van der Waals surface area contributed by atoms with E-state index in [0.717, 1.165) is 26.1 Å². The molecule has 2 N–H and O–H groups in total. The molecule has 0 aliphatic carbocycles. The Labute approximate surface area is 97.2 Å². The predicted octanol–water partition coefficient (Wildman–Crippen LogP) is 0.174. The van der Waals surface area contributed by atoms with Crippen molar-refractivity contribution >= 4 is 0 Å². The van der Waals surface area contributed by atoms with Crippen LogP contribution in [0, 0.1) is 0 Å². The Morgan fingerprint density at radius 2 is 1.81 bits per heavy atom. The van der Waals surface area contributed by atoms with Crippen LogP contribution in [0.25, 0.3) is 0 Å². The van der Waals surface area contributed by atoms with Gasteiger partial charge in [-0.15, -0.1) is 0 Å². The Balaban J connectivity index is 2.08. The third-order valence-electron chi connectivity index (χ3n) is 2.84. The highest BCUT2D eigenvalue weighted by Crippen LogP contribution is 2.23. The summed E-state index contributed by atoms with van der Waals surface area (Å²) in [5.74, 6) is 0. The second-order valence-corrected chi connectivity index (χ2v) is 3.95. The van der Waals surface area contributed by atoms with E-state index in [9.17, 15) is 0 Å². The molecule has 0 bridgehead atoms. The van der Waals surface area contributed by atoms with Crippen LogP contribution in [0.4, 0.5) is 0 Å². The first-order valence-corrected chi connectivity index (χ1v) is 5.81. The Morgan fingerprint density at radius 3 is 2.44 bits per heavy atom. The van der Waals surface area contributed by atoms with Crippen molar-refractivity contribution < 1.29 is 18.9 Å². The summed E-state index contributed by atoms with van der Waals surface area (Å²) in [6.07, 6.45) is 1.75. The van der Waals surface area contributed by atoms with Gasteiger partial charge in [-0.25, -0.2) is 0 Å². The maximum Gasteiger partial charge on any atom is 0.0849 e. The molecule has 1 fully saturated rings. The van der Waals surface area contributed by atoms with Crippen LogP contribution in [-0.4, -0.2) is 58.9 Å². The monoisotopic (exact) mass is 233 g/mol. The average molecular weight is 233 g/mol. The molecule has 5 heteroatoms. The topological polar surface area (TPSA) is 62.9 Å². The summed E-state index contributed by atoms with van der Waals surface area (Å²) in [4.78, 5) is 0. The van der Waals surface area contributed by atoms with Gasteiger partial charge in [-0.05, 0) is 0 Å². The standard InChI is InChI=1S/C11H23NO4/c1-13-6-7-15-8-9-16-11(10-12)2-4-14-5-3-11/h2-10,12H2,1H3. The molecule has 1 heterocycles. The highest BCUT2D eigenvalue weighted by atomic mass is 16.6. The lowest BCUT2D eigenvalue weighted by Gasteiger charge is -2.36. The fraction of sp³-hybridized carbons (Fsp3) is 1.00. The van der Waals surface area contributed by atoms with E-state index in [4.69, 9.17) is 24.7 Å². The third-order valence-corrected chi connectivity index (χ3v) is 2.84. The molecule has 0 aromatic heterocycles. The molecule has 0 aromatic rings. The number of rotatable bonds is 8. The van der Waals surface area contributed by atoms with Gasteiger partial charge >= 0.3 is 0 Å². The van der Waals surface area contributed by atoms with Crippen LogP contribution in [0.15, 0.2) is 0 Å². The Morgan fingerprint density at radius 1 is 1.12 bits per heavy atom. The van der Waals surface area contributed by atoms with E-state index >= 15 is 0 Å². The van der Waals surface area contributed by atoms with Crippen molar-refractivity contribution in [1.82, 2.24) is 0 Å². The Kier molecular flexibility index (Phi) is 6.91. The summed E-state index contributed by atoms with van der Waals surface area (Å²) in [6, 6.07) is 0. The van der Waals surface area contributed by atoms with E-state index in [0.29, 0.717) is 33.0 Å². The van der Waals surface area contributed by atoms with Crippen molar-refractivity contribution in [3.05, 3.63) is 0 Å². The lowest BCUT2D eigenvalue weighted by molar-refractivity contribution is -0.117. The molecule has 1 rings (SSSR count). The summed E-state index contributed by atoms with van der Waals surface area (Å²) in [7, 11) is 1.66.